The lowest BCUT2D eigenvalue weighted by atomic mass is 9.88. The van der Waals surface area contributed by atoms with Crippen LogP contribution >= 0.6 is 15.9 Å². The van der Waals surface area contributed by atoms with Crippen LogP contribution in [0.3, 0.4) is 0 Å². The van der Waals surface area contributed by atoms with Crippen LogP contribution in [0, 0.1) is 13.8 Å². The Hall–Kier alpha value is -3.19. The summed E-state index contributed by atoms with van der Waals surface area (Å²) >= 11 is 3.50. The molecular formula is C29H32BrN5O. The van der Waals surface area contributed by atoms with Gasteiger partial charge in [0.05, 0.1) is 17.1 Å². The van der Waals surface area contributed by atoms with E-state index in [2.05, 4.69) is 69.6 Å². The van der Waals surface area contributed by atoms with Gasteiger partial charge in [0.2, 0.25) is 0 Å². The fourth-order valence-corrected chi connectivity index (χ4v) is 5.60. The lowest BCUT2D eigenvalue weighted by Crippen LogP contribution is -2.25. The lowest BCUT2D eigenvalue weighted by Gasteiger charge is -2.22. The van der Waals surface area contributed by atoms with Gasteiger partial charge >= 0.3 is 0 Å². The van der Waals surface area contributed by atoms with Crippen molar-refractivity contribution in [2.24, 2.45) is 5.10 Å². The Morgan fingerprint density at radius 2 is 1.75 bits per heavy atom. The molecule has 0 unspecified atom stereocenters. The van der Waals surface area contributed by atoms with Gasteiger partial charge in [0.15, 0.2) is 0 Å². The minimum Gasteiger partial charge on any atom is -0.378 e. The zero-order valence-electron chi connectivity index (χ0n) is 21.3. The second-order valence-electron chi connectivity index (χ2n) is 9.90. The highest BCUT2D eigenvalue weighted by Crippen LogP contribution is 2.32. The summed E-state index contributed by atoms with van der Waals surface area (Å²) in [7, 11) is 4.08. The maximum atomic E-state index is 13.6. The van der Waals surface area contributed by atoms with E-state index in [0.29, 0.717) is 5.39 Å². The molecule has 4 aromatic rings. The molecule has 186 valence electrons. The van der Waals surface area contributed by atoms with E-state index in [1.807, 2.05) is 38.5 Å². The highest BCUT2D eigenvalue weighted by molar-refractivity contribution is 9.10. The molecule has 1 aliphatic carbocycles. The molecule has 0 radical (unpaired) electrons. The summed E-state index contributed by atoms with van der Waals surface area (Å²) in [6, 6.07) is 16.3. The average Bonchev–Trinajstić information content (AvgIpc) is 3.16. The van der Waals surface area contributed by atoms with Gasteiger partial charge in [-0.25, -0.2) is 4.98 Å². The van der Waals surface area contributed by atoms with E-state index in [1.54, 1.807) is 4.68 Å². The predicted molar refractivity (Wildman–Crippen MR) is 152 cm³/mol. The maximum Gasteiger partial charge on any atom is 0.282 e. The summed E-state index contributed by atoms with van der Waals surface area (Å²) in [6.07, 6.45) is 7.47. The molecule has 1 saturated carbocycles. The number of halogens is 1. The highest BCUT2D eigenvalue weighted by Gasteiger charge is 2.22. The summed E-state index contributed by atoms with van der Waals surface area (Å²) in [4.78, 5) is 20.6. The van der Waals surface area contributed by atoms with Crippen molar-refractivity contribution in [3.63, 3.8) is 0 Å². The number of aromatic nitrogens is 3. The lowest BCUT2D eigenvalue weighted by molar-refractivity contribution is 0.416. The van der Waals surface area contributed by atoms with Crippen LogP contribution in [-0.4, -0.2) is 34.5 Å². The van der Waals surface area contributed by atoms with Crippen LogP contribution in [0.5, 0.6) is 0 Å². The van der Waals surface area contributed by atoms with Crippen molar-refractivity contribution in [2.45, 2.75) is 51.9 Å². The molecule has 2 aromatic carbocycles. The van der Waals surface area contributed by atoms with Crippen molar-refractivity contribution in [2.75, 3.05) is 19.0 Å². The van der Waals surface area contributed by atoms with Crippen molar-refractivity contribution in [3.8, 4) is 5.69 Å². The first-order valence-corrected chi connectivity index (χ1v) is 13.4. The van der Waals surface area contributed by atoms with Gasteiger partial charge in [-0.3, -0.25) is 4.79 Å². The van der Waals surface area contributed by atoms with Crippen LogP contribution in [0.15, 0.2) is 62.9 Å². The fourth-order valence-electron chi connectivity index (χ4n) is 5.24. The zero-order valence-corrected chi connectivity index (χ0v) is 22.9. The SMILES string of the molecule is Cc1cc(C=Nn2c(C3CCCCC3)nc3ccc(Br)cc3c2=O)c(C)n1-c1ccc(N(C)C)cc1. The van der Waals surface area contributed by atoms with Gasteiger partial charge in [0, 0.05) is 52.8 Å². The molecule has 0 bridgehead atoms. The molecule has 0 aliphatic heterocycles. The fraction of sp³-hybridized carbons (Fsp3) is 0.345. The van der Waals surface area contributed by atoms with E-state index in [-0.39, 0.29) is 11.5 Å². The monoisotopic (exact) mass is 545 g/mol. The number of hydrogen-bond acceptors (Lipinski definition) is 4. The minimum absolute atomic E-state index is 0.119. The van der Waals surface area contributed by atoms with Crippen molar-refractivity contribution in [1.82, 2.24) is 14.2 Å². The van der Waals surface area contributed by atoms with E-state index >= 15 is 0 Å². The molecule has 0 atom stereocenters. The van der Waals surface area contributed by atoms with Crippen LogP contribution in [0.1, 0.15) is 60.8 Å². The topological polar surface area (TPSA) is 55.4 Å². The molecule has 7 heteroatoms. The highest BCUT2D eigenvalue weighted by atomic mass is 79.9. The molecular weight excluding hydrogens is 514 g/mol. The Balaban J connectivity index is 1.58. The van der Waals surface area contributed by atoms with Crippen molar-refractivity contribution in [3.05, 3.63) is 86.1 Å². The van der Waals surface area contributed by atoms with Gasteiger partial charge in [0.25, 0.3) is 5.56 Å². The van der Waals surface area contributed by atoms with Gasteiger partial charge < -0.3 is 9.47 Å². The third-order valence-electron chi connectivity index (χ3n) is 7.21. The number of aryl methyl sites for hydroxylation is 1. The summed E-state index contributed by atoms with van der Waals surface area (Å²) < 4.78 is 4.63. The van der Waals surface area contributed by atoms with Crippen LogP contribution in [-0.2, 0) is 0 Å². The Kier molecular flexibility index (Phi) is 6.84. The summed E-state index contributed by atoms with van der Waals surface area (Å²) in [5.74, 6) is 1.03. The van der Waals surface area contributed by atoms with Crippen molar-refractivity contribution < 1.29 is 0 Å². The Morgan fingerprint density at radius 1 is 1.03 bits per heavy atom. The van der Waals surface area contributed by atoms with E-state index in [1.165, 1.54) is 6.42 Å². The van der Waals surface area contributed by atoms with Crippen LogP contribution < -0.4 is 10.5 Å². The number of rotatable bonds is 5. The molecule has 1 fully saturated rings. The number of hydrogen-bond donors (Lipinski definition) is 0. The molecule has 2 aromatic heterocycles. The third kappa shape index (κ3) is 4.64. The molecule has 5 rings (SSSR count). The Morgan fingerprint density at radius 3 is 2.44 bits per heavy atom. The first-order valence-electron chi connectivity index (χ1n) is 12.6. The standard InChI is InChI=1S/C29H32BrN5O/c1-19-16-22(20(2)34(19)25-13-11-24(12-14-25)33(3)4)18-31-35-28(21-8-6-5-7-9-21)32-27-15-10-23(30)17-26(27)29(35)36/h10-18,21H,5-9H2,1-4H3. The minimum atomic E-state index is -0.119. The Labute approximate surface area is 220 Å². The molecule has 0 spiro atoms. The predicted octanol–water partition coefficient (Wildman–Crippen LogP) is 6.56. The first-order chi connectivity index (χ1) is 17.3. The van der Waals surface area contributed by atoms with E-state index in [4.69, 9.17) is 10.1 Å². The summed E-state index contributed by atoms with van der Waals surface area (Å²) in [5, 5.41) is 5.34. The first kappa shape index (κ1) is 24.5. The second-order valence-corrected chi connectivity index (χ2v) is 10.8. The van der Waals surface area contributed by atoms with Crippen LogP contribution in [0.2, 0.25) is 0 Å². The average molecular weight is 547 g/mol. The normalized spacial score (nSPS) is 14.7. The number of benzene rings is 2. The van der Waals surface area contributed by atoms with Gasteiger partial charge in [-0.15, -0.1) is 0 Å². The number of fused-ring (bicyclic) bond motifs is 1. The zero-order chi connectivity index (χ0) is 25.4. The molecule has 2 heterocycles. The smallest absolute Gasteiger partial charge is 0.282 e. The number of nitrogens with zero attached hydrogens (tertiary/aromatic N) is 5. The molecule has 0 saturated heterocycles. The molecule has 6 nitrogen and oxygen atoms in total. The van der Waals surface area contributed by atoms with E-state index in [0.717, 1.165) is 69.8 Å². The third-order valence-corrected chi connectivity index (χ3v) is 7.70. The van der Waals surface area contributed by atoms with Crippen molar-refractivity contribution in [1.29, 1.82) is 0 Å². The molecule has 0 amide bonds. The number of anilines is 1. The Bertz CT molecular complexity index is 1490. The second kappa shape index (κ2) is 10.1. The maximum absolute atomic E-state index is 13.6. The van der Waals surface area contributed by atoms with Crippen molar-refractivity contribution >= 4 is 38.7 Å². The molecule has 36 heavy (non-hydrogen) atoms. The van der Waals surface area contributed by atoms with E-state index in [9.17, 15) is 4.79 Å². The van der Waals surface area contributed by atoms with Gasteiger partial charge in [-0.1, -0.05) is 35.2 Å². The summed E-state index contributed by atoms with van der Waals surface area (Å²) in [5.41, 5.74) is 6.06. The molecule has 1 aliphatic rings. The van der Waals surface area contributed by atoms with Crippen LogP contribution in [0.25, 0.3) is 16.6 Å². The van der Waals surface area contributed by atoms with Crippen LogP contribution in [0.4, 0.5) is 5.69 Å². The van der Waals surface area contributed by atoms with Gasteiger partial charge in [-0.2, -0.15) is 9.78 Å². The van der Waals surface area contributed by atoms with Gasteiger partial charge in [-0.05, 0) is 75.2 Å². The molecule has 0 N–H and O–H groups in total. The van der Waals surface area contributed by atoms with Gasteiger partial charge in [0.1, 0.15) is 5.82 Å². The largest absolute Gasteiger partial charge is 0.378 e. The summed E-state index contributed by atoms with van der Waals surface area (Å²) in [6.45, 7) is 4.19. The quantitative estimate of drug-likeness (QED) is 0.267. The van der Waals surface area contributed by atoms with E-state index < -0.39 is 0 Å².